The van der Waals surface area contributed by atoms with E-state index in [1.807, 2.05) is 0 Å². The average Bonchev–Trinajstić information content (AvgIpc) is 2.71. The van der Waals surface area contributed by atoms with Crippen molar-refractivity contribution in [3.63, 3.8) is 0 Å². The summed E-state index contributed by atoms with van der Waals surface area (Å²) in [6.45, 7) is 0.324. The Balaban J connectivity index is 2.03. The zero-order valence-electron chi connectivity index (χ0n) is 6.77. The fraction of sp³-hybridized carbons (Fsp3) is 0.500. The van der Waals surface area contributed by atoms with Crippen LogP contribution >= 0.6 is 11.6 Å². The fourth-order valence-electron chi connectivity index (χ4n) is 1.15. The van der Waals surface area contributed by atoms with Gasteiger partial charge in [0.1, 0.15) is 6.10 Å². The molecule has 1 aliphatic heterocycles. The van der Waals surface area contributed by atoms with E-state index >= 15 is 0 Å². The molecule has 72 valence electrons. The van der Waals surface area contributed by atoms with Gasteiger partial charge in [-0.2, -0.15) is 0 Å². The molecule has 1 aromatic rings. The molecule has 0 aliphatic carbocycles. The molecular weight excluding hydrogens is 196 g/mol. The summed E-state index contributed by atoms with van der Waals surface area (Å²) in [5, 5.41) is 9.07. The molecule has 0 amide bonds. The Labute approximate surface area is 80.0 Å². The maximum absolute atomic E-state index is 8.77. The van der Waals surface area contributed by atoms with E-state index in [9.17, 15) is 0 Å². The van der Waals surface area contributed by atoms with Gasteiger partial charge >= 0.3 is 0 Å². The van der Waals surface area contributed by atoms with Crippen molar-refractivity contribution in [3.05, 3.63) is 23.1 Å². The van der Waals surface area contributed by atoms with Crippen molar-refractivity contribution >= 4 is 11.6 Å². The first-order valence-corrected chi connectivity index (χ1v) is 4.30. The second-order valence-electron chi connectivity index (χ2n) is 2.75. The number of aliphatic hydroxyl groups excluding tert-OH is 1. The summed E-state index contributed by atoms with van der Waals surface area (Å²) in [5.41, 5.74) is 0. The summed E-state index contributed by atoms with van der Waals surface area (Å²) in [4.78, 5) is 0. The highest BCUT2D eigenvalue weighted by Crippen LogP contribution is 2.29. The summed E-state index contributed by atoms with van der Waals surface area (Å²) in [7, 11) is 0. The SMILES string of the molecule is OCC1COC(c2ccc(Cl)o2)O1. The van der Waals surface area contributed by atoms with Crippen LogP contribution in [-0.2, 0) is 9.47 Å². The van der Waals surface area contributed by atoms with Crippen LogP contribution in [0.15, 0.2) is 16.5 Å². The minimum Gasteiger partial charge on any atom is -0.444 e. The molecule has 1 aromatic heterocycles. The number of furan rings is 1. The summed E-state index contributed by atoms with van der Waals surface area (Å²) in [6.07, 6.45) is -0.807. The van der Waals surface area contributed by atoms with Crippen LogP contribution in [0.3, 0.4) is 0 Å². The monoisotopic (exact) mass is 204 g/mol. The lowest BCUT2D eigenvalue weighted by molar-refractivity contribution is -0.0802. The van der Waals surface area contributed by atoms with E-state index in [-0.39, 0.29) is 12.7 Å². The van der Waals surface area contributed by atoms with E-state index in [0.717, 1.165) is 0 Å². The largest absolute Gasteiger partial charge is 0.444 e. The van der Waals surface area contributed by atoms with E-state index < -0.39 is 6.29 Å². The molecule has 4 nitrogen and oxygen atoms in total. The van der Waals surface area contributed by atoms with Gasteiger partial charge in [0.2, 0.25) is 6.29 Å². The van der Waals surface area contributed by atoms with Crippen LogP contribution in [0.1, 0.15) is 12.1 Å². The summed E-state index contributed by atoms with van der Waals surface area (Å²) in [6, 6.07) is 3.31. The van der Waals surface area contributed by atoms with Gasteiger partial charge in [0, 0.05) is 0 Å². The predicted molar refractivity (Wildman–Crippen MR) is 44.4 cm³/mol. The van der Waals surface area contributed by atoms with Gasteiger partial charge in [-0.3, -0.25) is 0 Å². The second kappa shape index (κ2) is 3.67. The Bertz CT molecular complexity index is 285. The molecule has 0 spiro atoms. The van der Waals surface area contributed by atoms with Crippen molar-refractivity contribution in [1.29, 1.82) is 0 Å². The highest BCUT2D eigenvalue weighted by atomic mass is 35.5. The standard InChI is InChI=1S/C8H9ClO4/c9-7-2-1-6(13-7)8-11-4-5(3-10)12-8/h1-2,5,8,10H,3-4H2. The maximum atomic E-state index is 8.77. The molecule has 1 saturated heterocycles. The summed E-state index contributed by atoms with van der Waals surface area (Å²) >= 11 is 5.58. The quantitative estimate of drug-likeness (QED) is 0.790. The molecule has 0 aromatic carbocycles. The van der Waals surface area contributed by atoms with Crippen LogP contribution in [0.25, 0.3) is 0 Å². The van der Waals surface area contributed by atoms with E-state index in [1.165, 1.54) is 0 Å². The van der Waals surface area contributed by atoms with Crippen molar-refractivity contribution in [3.8, 4) is 0 Å². The lowest BCUT2D eigenvalue weighted by Crippen LogP contribution is -2.14. The summed E-state index contributed by atoms with van der Waals surface area (Å²) < 4.78 is 15.6. The molecule has 2 unspecified atom stereocenters. The van der Waals surface area contributed by atoms with Crippen LogP contribution < -0.4 is 0 Å². The molecule has 0 radical (unpaired) electrons. The molecule has 1 aliphatic rings. The molecular formula is C8H9ClO4. The van der Waals surface area contributed by atoms with Crippen LogP contribution in [0.5, 0.6) is 0 Å². The Morgan fingerprint density at radius 1 is 1.54 bits per heavy atom. The highest BCUT2D eigenvalue weighted by Gasteiger charge is 2.28. The predicted octanol–water partition coefficient (Wildman–Crippen LogP) is 1.34. The first kappa shape index (κ1) is 9.02. The van der Waals surface area contributed by atoms with E-state index in [2.05, 4.69) is 0 Å². The van der Waals surface area contributed by atoms with Crippen molar-refractivity contribution in [2.45, 2.75) is 12.4 Å². The highest BCUT2D eigenvalue weighted by molar-refractivity contribution is 6.28. The number of hydrogen-bond acceptors (Lipinski definition) is 4. The number of halogens is 1. The van der Waals surface area contributed by atoms with Crippen LogP contribution in [0, 0.1) is 0 Å². The van der Waals surface area contributed by atoms with Gasteiger partial charge in [0.15, 0.2) is 11.0 Å². The van der Waals surface area contributed by atoms with Crippen molar-refractivity contribution in [2.75, 3.05) is 13.2 Å². The third kappa shape index (κ3) is 1.86. The molecule has 2 heterocycles. The van der Waals surface area contributed by atoms with Gasteiger partial charge in [-0.1, -0.05) is 0 Å². The molecule has 0 bridgehead atoms. The second-order valence-corrected chi connectivity index (χ2v) is 3.12. The summed E-state index contributed by atoms with van der Waals surface area (Å²) in [5.74, 6) is 0.529. The van der Waals surface area contributed by atoms with Crippen molar-refractivity contribution in [2.24, 2.45) is 0 Å². The number of hydrogen-bond donors (Lipinski definition) is 1. The van der Waals surface area contributed by atoms with E-state index in [0.29, 0.717) is 17.6 Å². The van der Waals surface area contributed by atoms with Gasteiger partial charge in [-0.25, -0.2) is 0 Å². The zero-order chi connectivity index (χ0) is 9.26. The van der Waals surface area contributed by atoms with Gasteiger partial charge in [-0.15, -0.1) is 0 Å². The molecule has 2 atom stereocenters. The van der Waals surface area contributed by atoms with Crippen LogP contribution in [0.4, 0.5) is 0 Å². The smallest absolute Gasteiger partial charge is 0.217 e. The van der Waals surface area contributed by atoms with Gasteiger partial charge < -0.3 is 19.0 Å². The molecule has 2 rings (SSSR count). The Hall–Kier alpha value is -0.550. The lowest BCUT2D eigenvalue weighted by atomic mass is 10.4. The molecule has 13 heavy (non-hydrogen) atoms. The van der Waals surface area contributed by atoms with Gasteiger partial charge in [-0.05, 0) is 23.7 Å². The number of ether oxygens (including phenoxy) is 2. The van der Waals surface area contributed by atoms with E-state index in [4.69, 9.17) is 30.6 Å². The fourth-order valence-corrected chi connectivity index (χ4v) is 1.30. The minimum atomic E-state index is -0.537. The zero-order valence-corrected chi connectivity index (χ0v) is 7.53. The topological polar surface area (TPSA) is 51.8 Å². The Morgan fingerprint density at radius 3 is 2.92 bits per heavy atom. The maximum Gasteiger partial charge on any atom is 0.217 e. The van der Waals surface area contributed by atoms with Gasteiger partial charge in [0.25, 0.3) is 0 Å². The van der Waals surface area contributed by atoms with Crippen molar-refractivity contribution < 1.29 is 19.0 Å². The third-order valence-corrected chi connectivity index (χ3v) is 1.98. The average molecular weight is 205 g/mol. The molecule has 1 fully saturated rings. The van der Waals surface area contributed by atoms with E-state index in [1.54, 1.807) is 12.1 Å². The Morgan fingerprint density at radius 2 is 2.38 bits per heavy atom. The molecule has 0 saturated carbocycles. The molecule has 5 heteroatoms. The first-order valence-electron chi connectivity index (χ1n) is 3.93. The van der Waals surface area contributed by atoms with Crippen LogP contribution in [0.2, 0.25) is 5.22 Å². The normalized spacial score (nSPS) is 28.2. The minimum absolute atomic E-state index is 0.0507. The molecule has 1 N–H and O–H groups in total. The van der Waals surface area contributed by atoms with Crippen LogP contribution in [-0.4, -0.2) is 24.4 Å². The third-order valence-electron chi connectivity index (χ3n) is 1.78. The number of rotatable bonds is 2. The van der Waals surface area contributed by atoms with Crippen molar-refractivity contribution in [1.82, 2.24) is 0 Å². The Kier molecular flexibility index (Phi) is 2.55. The number of aliphatic hydroxyl groups is 1. The lowest BCUT2D eigenvalue weighted by Gasteiger charge is -2.06. The van der Waals surface area contributed by atoms with Gasteiger partial charge in [0.05, 0.1) is 13.2 Å². The first-order chi connectivity index (χ1) is 6.29.